The maximum Gasteiger partial charge on any atom is 0.191 e. The first-order valence-electron chi connectivity index (χ1n) is 9.63. The van der Waals surface area contributed by atoms with Gasteiger partial charge >= 0.3 is 0 Å². The molecule has 0 unspecified atom stereocenters. The number of pyridine rings is 1. The number of nitrogens with zero attached hydrogens (tertiary/aromatic N) is 4. The lowest BCUT2D eigenvalue weighted by atomic mass is 10.1. The number of piperidine rings is 1. The Labute approximate surface area is 152 Å². The molecule has 25 heavy (non-hydrogen) atoms. The molecule has 0 aromatic carbocycles. The molecule has 1 aliphatic rings. The van der Waals surface area contributed by atoms with Gasteiger partial charge in [-0.15, -0.1) is 0 Å². The fraction of sp³-hybridized carbons (Fsp3) is 0.684. The average Bonchev–Trinajstić information content (AvgIpc) is 2.67. The summed E-state index contributed by atoms with van der Waals surface area (Å²) >= 11 is 0. The third-order valence-corrected chi connectivity index (χ3v) is 4.75. The van der Waals surface area contributed by atoms with E-state index in [1.54, 1.807) is 0 Å². The molecule has 6 nitrogen and oxygen atoms in total. The molecular weight excluding hydrogens is 312 g/mol. The summed E-state index contributed by atoms with van der Waals surface area (Å²) in [5.74, 6) is 1.89. The topological polar surface area (TPSA) is 55.8 Å². The van der Waals surface area contributed by atoms with Crippen molar-refractivity contribution in [1.82, 2.24) is 20.5 Å². The predicted molar refractivity (Wildman–Crippen MR) is 106 cm³/mol. The Morgan fingerprint density at radius 3 is 2.52 bits per heavy atom. The van der Waals surface area contributed by atoms with Crippen molar-refractivity contribution in [3.8, 4) is 0 Å². The fourth-order valence-corrected chi connectivity index (χ4v) is 3.18. The Morgan fingerprint density at radius 1 is 1.16 bits per heavy atom. The van der Waals surface area contributed by atoms with Crippen LogP contribution in [-0.2, 0) is 6.54 Å². The Hall–Kier alpha value is -1.82. The largest absolute Gasteiger partial charge is 0.357 e. The molecule has 0 atom stereocenters. The summed E-state index contributed by atoms with van der Waals surface area (Å²) in [6.45, 7) is 11.5. The molecule has 6 heteroatoms. The minimum absolute atomic E-state index is 0.731. The average molecular weight is 347 g/mol. The van der Waals surface area contributed by atoms with Crippen molar-refractivity contribution in [2.75, 3.05) is 51.2 Å². The molecule has 1 aromatic heterocycles. The van der Waals surface area contributed by atoms with Crippen LogP contribution in [-0.4, -0.2) is 62.2 Å². The minimum atomic E-state index is 0.731. The highest BCUT2D eigenvalue weighted by Crippen LogP contribution is 2.10. The second kappa shape index (κ2) is 10.9. The number of nitrogens with one attached hydrogen (secondary N) is 2. The Kier molecular flexibility index (Phi) is 8.52. The van der Waals surface area contributed by atoms with Gasteiger partial charge in [0.25, 0.3) is 0 Å². The van der Waals surface area contributed by atoms with E-state index < -0.39 is 0 Å². The number of aromatic nitrogens is 1. The van der Waals surface area contributed by atoms with Crippen LogP contribution in [0, 0.1) is 0 Å². The van der Waals surface area contributed by atoms with Crippen molar-refractivity contribution in [2.45, 2.75) is 39.7 Å². The summed E-state index contributed by atoms with van der Waals surface area (Å²) in [7, 11) is 1.82. The molecule has 0 bridgehead atoms. The third-order valence-electron chi connectivity index (χ3n) is 4.75. The summed E-state index contributed by atoms with van der Waals surface area (Å²) in [6, 6.07) is 4.23. The van der Waals surface area contributed by atoms with Crippen molar-refractivity contribution >= 4 is 11.8 Å². The van der Waals surface area contributed by atoms with Crippen LogP contribution in [0.1, 0.15) is 38.7 Å². The van der Waals surface area contributed by atoms with Crippen LogP contribution in [0.5, 0.6) is 0 Å². The Morgan fingerprint density at radius 2 is 1.92 bits per heavy atom. The molecule has 140 valence electrons. The highest BCUT2D eigenvalue weighted by atomic mass is 15.2. The van der Waals surface area contributed by atoms with Gasteiger partial charge in [0.2, 0.25) is 0 Å². The van der Waals surface area contributed by atoms with Crippen LogP contribution in [0.15, 0.2) is 23.3 Å². The van der Waals surface area contributed by atoms with E-state index in [2.05, 4.69) is 56.4 Å². The molecule has 1 fully saturated rings. The maximum atomic E-state index is 4.57. The highest BCUT2D eigenvalue weighted by Gasteiger charge is 2.09. The predicted octanol–water partition coefficient (Wildman–Crippen LogP) is 2.08. The van der Waals surface area contributed by atoms with E-state index in [1.165, 1.54) is 32.4 Å². The van der Waals surface area contributed by atoms with Crippen LogP contribution in [0.25, 0.3) is 0 Å². The zero-order valence-corrected chi connectivity index (χ0v) is 16.1. The molecule has 2 N–H and O–H groups in total. The number of hydrogen-bond acceptors (Lipinski definition) is 4. The summed E-state index contributed by atoms with van der Waals surface area (Å²) < 4.78 is 0. The second-order valence-corrected chi connectivity index (χ2v) is 6.45. The van der Waals surface area contributed by atoms with E-state index in [-0.39, 0.29) is 0 Å². The van der Waals surface area contributed by atoms with Gasteiger partial charge < -0.3 is 20.4 Å². The molecule has 1 aliphatic heterocycles. The molecule has 0 radical (unpaired) electrons. The SMILES string of the molecule is CCN(CC)c1ccc(CNC(=NC)NCCN2CCCCC2)cn1. The Balaban J connectivity index is 1.72. The van der Waals surface area contributed by atoms with Crippen LogP contribution >= 0.6 is 0 Å². The van der Waals surface area contributed by atoms with E-state index in [9.17, 15) is 0 Å². The smallest absolute Gasteiger partial charge is 0.191 e. The van der Waals surface area contributed by atoms with Gasteiger partial charge in [0.15, 0.2) is 5.96 Å². The van der Waals surface area contributed by atoms with Gasteiger partial charge in [0, 0.05) is 46.0 Å². The van der Waals surface area contributed by atoms with Crippen molar-refractivity contribution in [1.29, 1.82) is 0 Å². The number of rotatable bonds is 8. The van der Waals surface area contributed by atoms with Gasteiger partial charge in [-0.2, -0.15) is 0 Å². The van der Waals surface area contributed by atoms with E-state index in [1.807, 2.05) is 13.2 Å². The van der Waals surface area contributed by atoms with Crippen LogP contribution in [0.2, 0.25) is 0 Å². The van der Waals surface area contributed by atoms with E-state index in [0.29, 0.717) is 0 Å². The lowest BCUT2D eigenvalue weighted by molar-refractivity contribution is 0.232. The molecule has 0 aliphatic carbocycles. The monoisotopic (exact) mass is 346 g/mol. The first kappa shape index (κ1) is 19.5. The summed E-state index contributed by atoms with van der Waals surface area (Å²) in [5, 5.41) is 6.77. The van der Waals surface area contributed by atoms with Crippen LogP contribution in [0.3, 0.4) is 0 Å². The molecule has 0 spiro atoms. The van der Waals surface area contributed by atoms with E-state index in [0.717, 1.165) is 50.1 Å². The van der Waals surface area contributed by atoms with Crippen LogP contribution in [0.4, 0.5) is 5.82 Å². The van der Waals surface area contributed by atoms with E-state index >= 15 is 0 Å². The first-order valence-corrected chi connectivity index (χ1v) is 9.63. The molecule has 1 saturated heterocycles. The summed E-state index contributed by atoms with van der Waals surface area (Å²) in [5.41, 5.74) is 1.16. The lowest BCUT2D eigenvalue weighted by Gasteiger charge is -2.26. The zero-order chi connectivity index (χ0) is 17.9. The van der Waals surface area contributed by atoms with Crippen molar-refractivity contribution in [3.05, 3.63) is 23.9 Å². The number of guanidine groups is 1. The van der Waals surface area contributed by atoms with Gasteiger partial charge in [0.05, 0.1) is 0 Å². The quantitative estimate of drug-likeness (QED) is 0.557. The van der Waals surface area contributed by atoms with E-state index in [4.69, 9.17) is 0 Å². The number of aliphatic imine (C=N–C) groups is 1. The van der Waals surface area contributed by atoms with Crippen molar-refractivity contribution in [3.63, 3.8) is 0 Å². The highest BCUT2D eigenvalue weighted by molar-refractivity contribution is 5.79. The molecular formula is C19H34N6. The lowest BCUT2D eigenvalue weighted by Crippen LogP contribution is -2.42. The van der Waals surface area contributed by atoms with Gasteiger partial charge in [-0.3, -0.25) is 4.99 Å². The van der Waals surface area contributed by atoms with Crippen molar-refractivity contribution < 1.29 is 0 Å². The number of hydrogen-bond donors (Lipinski definition) is 2. The number of likely N-dealkylation sites (tertiary alicyclic amines) is 1. The third kappa shape index (κ3) is 6.53. The molecule has 2 heterocycles. The molecule has 0 amide bonds. The van der Waals surface area contributed by atoms with Gasteiger partial charge in [-0.05, 0) is 51.4 Å². The molecule has 2 rings (SSSR count). The summed E-state index contributed by atoms with van der Waals surface area (Å²) in [6.07, 6.45) is 6.00. The standard InChI is InChI=1S/C19H34N6/c1-4-25(5-2)18-10-9-17(15-22-18)16-23-19(20-3)21-11-14-24-12-7-6-8-13-24/h9-10,15H,4-8,11-14,16H2,1-3H3,(H2,20,21,23). The molecule has 1 aromatic rings. The fourth-order valence-electron chi connectivity index (χ4n) is 3.18. The first-order chi connectivity index (χ1) is 12.3. The minimum Gasteiger partial charge on any atom is -0.357 e. The summed E-state index contributed by atoms with van der Waals surface area (Å²) in [4.78, 5) is 13.6. The normalized spacial score (nSPS) is 15.9. The number of anilines is 1. The molecule has 0 saturated carbocycles. The van der Waals surface area contributed by atoms with Crippen molar-refractivity contribution in [2.24, 2.45) is 4.99 Å². The van der Waals surface area contributed by atoms with Gasteiger partial charge in [-0.1, -0.05) is 12.5 Å². The van der Waals surface area contributed by atoms with Crippen LogP contribution < -0.4 is 15.5 Å². The second-order valence-electron chi connectivity index (χ2n) is 6.45. The van der Waals surface area contributed by atoms with Gasteiger partial charge in [0.1, 0.15) is 5.82 Å². The zero-order valence-electron chi connectivity index (χ0n) is 16.1. The maximum absolute atomic E-state index is 4.57. The Bertz CT molecular complexity index is 503. The van der Waals surface area contributed by atoms with Gasteiger partial charge in [-0.25, -0.2) is 4.98 Å².